The highest BCUT2D eigenvalue weighted by atomic mass is 15.1. The Kier molecular flexibility index (Phi) is 10.0. The van der Waals surface area contributed by atoms with Gasteiger partial charge in [0.2, 0.25) is 0 Å². The summed E-state index contributed by atoms with van der Waals surface area (Å²) in [7, 11) is 0. The van der Waals surface area contributed by atoms with E-state index in [0.717, 1.165) is 34.1 Å². The predicted molar refractivity (Wildman–Crippen MR) is 266 cm³/mol. The van der Waals surface area contributed by atoms with Crippen LogP contribution in [0.4, 0.5) is 34.1 Å². The summed E-state index contributed by atoms with van der Waals surface area (Å²) in [5.74, 6) is 0. The van der Waals surface area contributed by atoms with Gasteiger partial charge in [-0.1, -0.05) is 206 Å². The maximum Gasteiger partial charge on any atom is 0.0708 e. The summed E-state index contributed by atoms with van der Waals surface area (Å²) < 4.78 is 0. The third-order valence-corrected chi connectivity index (χ3v) is 13.1. The first kappa shape index (κ1) is 38.7. The van der Waals surface area contributed by atoms with Gasteiger partial charge >= 0.3 is 0 Å². The van der Waals surface area contributed by atoms with Crippen molar-refractivity contribution >= 4 is 34.1 Å². The van der Waals surface area contributed by atoms with E-state index in [1.807, 2.05) is 0 Å². The summed E-state index contributed by atoms with van der Waals surface area (Å²) in [5, 5.41) is 0. The fourth-order valence-corrected chi connectivity index (χ4v) is 10.4. The van der Waals surface area contributed by atoms with Gasteiger partial charge in [0, 0.05) is 34.1 Å². The molecule has 0 fully saturated rings. The molecule has 10 aromatic rings. The van der Waals surface area contributed by atoms with Crippen LogP contribution in [-0.4, -0.2) is 0 Å². The Bertz CT molecular complexity index is 2820. The van der Waals surface area contributed by atoms with Gasteiger partial charge in [-0.2, -0.15) is 0 Å². The minimum Gasteiger partial charge on any atom is -0.311 e. The van der Waals surface area contributed by atoms with Crippen molar-refractivity contribution in [2.75, 3.05) is 9.80 Å². The summed E-state index contributed by atoms with van der Waals surface area (Å²) in [6.45, 7) is 0. The van der Waals surface area contributed by atoms with Crippen LogP contribution >= 0.6 is 0 Å². The molecule has 0 heterocycles. The molecule has 0 atom stereocenters. The average Bonchev–Trinajstić information content (AvgIpc) is 3.38. The summed E-state index contributed by atoms with van der Waals surface area (Å²) in [5.41, 5.74) is 15.2. The molecule has 64 heavy (non-hydrogen) atoms. The highest BCUT2D eigenvalue weighted by Crippen LogP contribution is 2.60. The van der Waals surface area contributed by atoms with Crippen molar-refractivity contribution in [1.29, 1.82) is 0 Å². The highest BCUT2D eigenvalue weighted by Gasteiger charge is 2.53. The Morgan fingerprint density at radius 3 is 0.609 bits per heavy atom. The normalized spacial score (nSPS) is 13.2. The molecule has 11 rings (SSSR count). The fourth-order valence-electron chi connectivity index (χ4n) is 10.4. The molecule has 0 bridgehead atoms. The molecular formula is C62H46N2. The number of hydrogen-bond donors (Lipinski definition) is 0. The SMILES string of the molecule is c1ccc(N(c2ccccc2)c2ccc(C3(c4ccc(N(c5ccccc5)c5ccccc5)cc4)c4ccccc4C(c4ccccc4)(c4ccccc4)c4ccccc43)cc2)cc1. The minimum atomic E-state index is -0.702. The summed E-state index contributed by atoms with van der Waals surface area (Å²) in [4.78, 5) is 4.68. The van der Waals surface area contributed by atoms with Gasteiger partial charge in [-0.25, -0.2) is 0 Å². The zero-order chi connectivity index (χ0) is 42.8. The molecule has 1 aliphatic rings. The quantitative estimate of drug-likeness (QED) is 0.136. The number of rotatable bonds is 10. The van der Waals surface area contributed by atoms with Crippen LogP contribution in [0, 0.1) is 0 Å². The lowest BCUT2D eigenvalue weighted by molar-refractivity contribution is 0.615. The van der Waals surface area contributed by atoms with Crippen molar-refractivity contribution in [2.45, 2.75) is 10.8 Å². The van der Waals surface area contributed by atoms with Gasteiger partial charge in [0.15, 0.2) is 0 Å². The van der Waals surface area contributed by atoms with Gasteiger partial charge in [-0.05, 0) is 117 Å². The Morgan fingerprint density at radius 2 is 0.359 bits per heavy atom. The lowest BCUT2D eigenvalue weighted by atomic mass is 9.50. The Labute approximate surface area is 376 Å². The third-order valence-electron chi connectivity index (χ3n) is 13.1. The van der Waals surface area contributed by atoms with Crippen molar-refractivity contribution in [1.82, 2.24) is 0 Å². The fraction of sp³-hybridized carbons (Fsp3) is 0.0323. The summed E-state index contributed by atoms with van der Waals surface area (Å²) >= 11 is 0. The molecule has 0 saturated heterocycles. The Balaban J connectivity index is 1.19. The molecule has 0 spiro atoms. The highest BCUT2D eigenvalue weighted by molar-refractivity contribution is 5.81. The number of hydrogen-bond acceptors (Lipinski definition) is 2. The van der Waals surface area contributed by atoms with Crippen molar-refractivity contribution in [3.05, 3.63) is 324 Å². The van der Waals surface area contributed by atoms with Crippen molar-refractivity contribution < 1.29 is 0 Å². The van der Waals surface area contributed by atoms with E-state index in [4.69, 9.17) is 0 Å². The van der Waals surface area contributed by atoms with Crippen molar-refractivity contribution in [3.63, 3.8) is 0 Å². The molecule has 10 aromatic carbocycles. The van der Waals surface area contributed by atoms with E-state index in [9.17, 15) is 0 Å². The van der Waals surface area contributed by atoms with Crippen LogP contribution in [0.3, 0.4) is 0 Å². The van der Waals surface area contributed by atoms with Gasteiger partial charge < -0.3 is 9.80 Å². The number of benzene rings is 10. The zero-order valence-electron chi connectivity index (χ0n) is 35.5. The van der Waals surface area contributed by atoms with E-state index < -0.39 is 10.8 Å². The van der Waals surface area contributed by atoms with E-state index >= 15 is 0 Å². The molecule has 0 radical (unpaired) electrons. The molecule has 0 aromatic heterocycles. The first-order valence-electron chi connectivity index (χ1n) is 22.1. The van der Waals surface area contributed by atoms with E-state index in [1.54, 1.807) is 0 Å². The summed E-state index contributed by atoms with van der Waals surface area (Å²) in [6.07, 6.45) is 0. The molecule has 0 amide bonds. The van der Waals surface area contributed by atoms with Gasteiger partial charge in [0.05, 0.1) is 10.8 Å². The molecule has 2 nitrogen and oxygen atoms in total. The van der Waals surface area contributed by atoms with E-state index in [1.165, 1.54) is 44.5 Å². The topological polar surface area (TPSA) is 6.48 Å². The zero-order valence-corrected chi connectivity index (χ0v) is 35.5. The third kappa shape index (κ3) is 6.34. The molecule has 1 aliphatic carbocycles. The number of nitrogens with zero attached hydrogens (tertiary/aromatic N) is 2. The second kappa shape index (κ2) is 16.6. The van der Waals surface area contributed by atoms with Gasteiger partial charge in [0.1, 0.15) is 0 Å². The van der Waals surface area contributed by atoms with E-state index in [-0.39, 0.29) is 0 Å². The van der Waals surface area contributed by atoms with E-state index in [2.05, 4.69) is 289 Å². The predicted octanol–water partition coefficient (Wildman–Crippen LogP) is 15.7. The average molecular weight is 819 g/mol. The molecular weight excluding hydrogens is 773 g/mol. The first-order chi connectivity index (χ1) is 31.8. The molecule has 0 aliphatic heterocycles. The molecule has 2 heteroatoms. The molecule has 0 N–H and O–H groups in total. The maximum atomic E-state index is 2.38. The molecule has 0 saturated carbocycles. The largest absolute Gasteiger partial charge is 0.311 e. The maximum absolute atomic E-state index is 2.38. The van der Waals surface area contributed by atoms with Crippen LogP contribution in [0.1, 0.15) is 44.5 Å². The van der Waals surface area contributed by atoms with Gasteiger partial charge in [0.25, 0.3) is 0 Å². The monoisotopic (exact) mass is 818 g/mol. The number of fused-ring (bicyclic) bond motifs is 2. The molecule has 304 valence electrons. The van der Waals surface area contributed by atoms with Crippen LogP contribution < -0.4 is 9.80 Å². The lowest BCUT2D eigenvalue weighted by Crippen LogP contribution is -2.45. The smallest absolute Gasteiger partial charge is 0.0708 e. The number of para-hydroxylation sites is 4. The second-order valence-electron chi connectivity index (χ2n) is 16.4. The number of anilines is 6. The second-order valence-corrected chi connectivity index (χ2v) is 16.4. The standard InChI is InChI=1S/C62H46N2/c1-7-23-47(24-8-1)61(48-25-9-2-10-26-48)57-35-19-21-37-59(57)62(60-38-22-20-36-58(60)61,49-39-43-55(44-40-49)63(51-27-11-3-12-28-51)52-29-13-4-14-30-52)50-41-45-56(46-42-50)64(53-31-15-5-16-32-53)54-33-17-6-18-34-54/h1-46H. The van der Waals surface area contributed by atoms with Crippen LogP contribution in [-0.2, 0) is 10.8 Å². The van der Waals surface area contributed by atoms with Crippen molar-refractivity contribution in [3.8, 4) is 0 Å². The van der Waals surface area contributed by atoms with Crippen LogP contribution in [0.15, 0.2) is 279 Å². The van der Waals surface area contributed by atoms with Crippen molar-refractivity contribution in [2.24, 2.45) is 0 Å². The molecule has 0 unspecified atom stereocenters. The van der Waals surface area contributed by atoms with Crippen LogP contribution in [0.25, 0.3) is 0 Å². The van der Waals surface area contributed by atoms with Gasteiger partial charge in [-0.3, -0.25) is 0 Å². The van der Waals surface area contributed by atoms with Gasteiger partial charge in [-0.15, -0.1) is 0 Å². The lowest BCUT2D eigenvalue weighted by Gasteiger charge is -2.51. The summed E-state index contributed by atoms with van der Waals surface area (Å²) in [6, 6.07) is 102. The first-order valence-corrected chi connectivity index (χ1v) is 22.1. The Morgan fingerprint density at radius 1 is 0.172 bits per heavy atom. The van der Waals surface area contributed by atoms with Crippen LogP contribution in [0.2, 0.25) is 0 Å². The minimum absolute atomic E-state index is 0.589. The van der Waals surface area contributed by atoms with E-state index in [0.29, 0.717) is 0 Å². The Hall–Kier alpha value is -8.20. The van der Waals surface area contributed by atoms with Crippen LogP contribution in [0.5, 0.6) is 0 Å².